The minimum Gasteiger partial charge on any atom is -0.472 e. The SMILES string of the molecule is CCNC(Cc1cc(Br)cs1)c1ccoc1. The van der Waals surface area contributed by atoms with Gasteiger partial charge in [0, 0.05) is 32.8 Å². The summed E-state index contributed by atoms with van der Waals surface area (Å²) < 4.78 is 6.30. The molecule has 0 aliphatic carbocycles. The Kier molecular flexibility index (Phi) is 4.21. The Labute approximate surface area is 108 Å². The second-order valence-electron chi connectivity index (χ2n) is 3.60. The molecule has 0 saturated carbocycles. The van der Waals surface area contributed by atoms with Crippen LogP contribution >= 0.6 is 27.3 Å². The topological polar surface area (TPSA) is 25.2 Å². The van der Waals surface area contributed by atoms with Gasteiger partial charge < -0.3 is 9.73 Å². The average Bonchev–Trinajstić information content (AvgIpc) is 2.88. The Morgan fingerprint density at radius 3 is 3.00 bits per heavy atom. The highest BCUT2D eigenvalue weighted by Crippen LogP contribution is 2.25. The summed E-state index contributed by atoms with van der Waals surface area (Å²) in [6.07, 6.45) is 4.55. The number of thiophene rings is 1. The average molecular weight is 300 g/mol. The number of halogens is 1. The van der Waals surface area contributed by atoms with Crippen molar-refractivity contribution >= 4 is 27.3 Å². The van der Waals surface area contributed by atoms with Crippen molar-refractivity contribution in [1.82, 2.24) is 5.32 Å². The zero-order chi connectivity index (χ0) is 11.4. The number of likely N-dealkylation sites (N-methyl/N-ethyl adjacent to an activating group) is 1. The molecule has 2 rings (SSSR count). The molecule has 0 amide bonds. The van der Waals surface area contributed by atoms with E-state index in [0.717, 1.165) is 17.4 Å². The van der Waals surface area contributed by atoms with Gasteiger partial charge in [-0.2, -0.15) is 0 Å². The summed E-state index contributed by atoms with van der Waals surface area (Å²) in [4.78, 5) is 1.37. The van der Waals surface area contributed by atoms with Crippen molar-refractivity contribution in [3.63, 3.8) is 0 Å². The van der Waals surface area contributed by atoms with E-state index in [-0.39, 0.29) is 0 Å². The zero-order valence-electron chi connectivity index (χ0n) is 9.07. The number of hydrogen-bond donors (Lipinski definition) is 1. The van der Waals surface area contributed by atoms with Crippen LogP contribution in [0.5, 0.6) is 0 Å². The van der Waals surface area contributed by atoms with Crippen molar-refractivity contribution in [2.75, 3.05) is 6.54 Å². The first-order valence-corrected chi connectivity index (χ1v) is 6.95. The van der Waals surface area contributed by atoms with Crippen molar-refractivity contribution in [3.8, 4) is 0 Å². The first-order valence-electron chi connectivity index (χ1n) is 5.28. The van der Waals surface area contributed by atoms with Crippen molar-refractivity contribution in [1.29, 1.82) is 0 Å². The minimum atomic E-state index is 0.342. The largest absolute Gasteiger partial charge is 0.472 e. The number of nitrogens with one attached hydrogen (secondary N) is 1. The molecular weight excluding hydrogens is 286 g/mol. The van der Waals surface area contributed by atoms with E-state index in [1.807, 2.05) is 12.3 Å². The van der Waals surface area contributed by atoms with Crippen LogP contribution in [0.25, 0.3) is 0 Å². The Bertz CT molecular complexity index is 424. The molecule has 0 aliphatic heterocycles. The third kappa shape index (κ3) is 2.97. The van der Waals surface area contributed by atoms with E-state index in [2.05, 4.69) is 39.6 Å². The summed E-state index contributed by atoms with van der Waals surface area (Å²) in [7, 11) is 0. The third-order valence-electron chi connectivity index (χ3n) is 2.42. The fraction of sp³-hybridized carbons (Fsp3) is 0.333. The van der Waals surface area contributed by atoms with Crippen LogP contribution in [0.15, 0.2) is 38.9 Å². The Morgan fingerprint density at radius 1 is 1.56 bits per heavy atom. The molecule has 16 heavy (non-hydrogen) atoms. The fourth-order valence-electron chi connectivity index (χ4n) is 1.69. The van der Waals surface area contributed by atoms with Crippen LogP contribution in [-0.2, 0) is 6.42 Å². The number of hydrogen-bond acceptors (Lipinski definition) is 3. The van der Waals surface area contributed by atoms with E-state index in [9.17, 15) is 0 Å². The molecular formula is C12H14BrNOS. The molecule has 86 valence electrons. The summed E-state index contributed by atoms with van der Waals surface area (Å²) >= 11 is 5.26. The second-order valence-corrected chi connectivity index (χ2v) is 5.51. The lowest BCUT2D eigenvalue weighted by Crippen LogP contribution is -2.22. The van der Waals surface area contributed by atoms with Gasteiger partial charge in [0.1, 0.15) is 0 Å². The summed E-state index contributed by atoms with van der Waals surface area (Å²) in [6, 6.07) is 4.54. The lowest BCUT2D eigenvalue weighted by Gasteiger charge is -2.14. The van der Waals surface area contributed by atoms with Gasteiger partial charge in [-0.15, -0.1) is 11.3 Å². The highest BCUT2D eigenvalue weighted by molar-refractivity contribution is 9.10. The normalized spacial score (nSPS) is 12.9. The van der Waals surface area contributed by atoms with Crippen LogP contribution < -0.4 is 5.32 Å². The summed E-state index contributed by atoms with van der Waals surface area (Å²) in [5, 5.41) is 5.59. The predicted octanol–water partition coefficient (Wildman–Crippen LogP) is 4.00. The fourth-order valence-corrected chi connectivity index (χ4v) is 3.19. The Morgan fingerprint density at radius 2 is 2.44 bits per heavy atom. The van der Waals surface area contributed by atoms with Crippen molar-refractivity contribution in [2.24, 2.45) is 0 Å². The van der Waals surface area contributed by atoms with Crippen LogP contribution in [0, 0.1) is 0 Å². The first kappa shape index (κ1) is 11.9. The number of rotatable bonds is 5. The molecule has 2 heterocycles. The van der Waals surface area contributed by atoms with E-state index < -0.39 is 0 Å². The van der Waals surface area contributed by atoms with E-state index in [0.29, 0.717) is 6.04 Å². The van der Waals surface area contributed by atoms with E-state index in [4.69, 9.17) is 4.42 Å². The molecule has 1 N–H and O–H groups in total. The van der Waals surface area contributed by atoms with Gasteiger partial charge in [-0.3, -0.25) is 0 Å². The standard InChI is InChI=1S/C12H14BrNOS/c1-2-14-12(9-3-4-15-7-9)6-11-5-10(13)8-16-11/h3-5,7-8,12,14H,2,6H2,1H3. The molecule has 0 aliphatic rings. The quantitative estimate of drug-likeness (QED) is 0.903. The van der Waals surface area contributed by atoms with E-state index in [1.165, 1.54) is 10.4 Å². The maximum atomic E-state index is 5.14. The lowest BCUT2D eigenvalue weighted by molar-refractivity contribution is 0.527. The Hall–Kier alpha value is -0.580. The molecule has 2 aromatic rings. The molecule has 4 heteroatoms. The van der Waals surface area contributed by atoms with Gasteiger partial charge in [0.15, 0.2) is 0 Å². The van der Waals surface area contributed by atoms with Crippen molar-refractivity contribution < 1.29 is 4.42 Å². The smallest absolute Gasteiger partial charge is 0.0950 e. The van der Waals surface area contributed by atoms with Crippen LogP contribution in [0.4, 0.5) is 0 Å². The van der Waals surface area contributed by atoms with Crippen LogP contribution in [0.2, 0.25) is 0 Å². The highest BCUT2D eigenvalue weighted by Gasteiger charge is 2.13. The lowest BCUT2D eigenvalue weighted by atomic mass is 10.1. The van der Waals surface area contributed by atoms with Gasteiger partial charge in [0.25, 0.3) is 0 Å². The maximum absolute atomic E-state index is 5.14. The van der Waals surface area contributed by atoms with Gasteiger partial charge in [0.05, 0.1) is 12.5 Å². The second kappa shape index (κ2) is 5.66. The van der Waals surface area contributed by atoms with Gasteiger partial charge in [-0.1, -0.05) is 6.92 Å². The van der Waals surface area contributed by atoms with Crippen LogP contribution in [0.1, 0.15) is 23.4 Å². The van der Waals surface area contributed by atoms with Crippen molar-refractivity contribution in [2.45, 2.75) is 19.4 Å². The van der Waals surface area contributed by atoms with Gasteiger partial charge in [-0.05, 0) is 34.6 Å². The summed E-state index contributed by atoms with van der Waals surface area (Å²) in [6.45, 7) is 3.08. The van der Waals surface area contributed by atoms with Crippen molar-refractivity contribution in [3.05, 3.63) is 45.0 Å². The molecule has 2 nitrogen and oxygen atoms in total. The maximum Gasteiger partial charge on any atom is 0.0950 e. The number of furan rings is 1. The third-order valence-corrected chi connectivity index (χ3v) is 4.14. The molecule has 0 spiro atoms. The van der Waals surface area contributed by atoms with Gasteiger partial charge in [0.2, 0.25) is 0 Å². The monoisotopic (exact) mass is 299 g/mol. The molecule has 0 fully saturated rings. The molecule has 0 saturated heterocycles. The predicted molar refractivity (Wildman–Crippen MR) is 70.8 cm³/mol. The van der Waals surface area contributed by atoms with Crippen LogP contribution in [0.3, 0.4) is 0 Å². The van der Waals surface area contributed by atoms with E-state index >= 15 is 0 Å². The molecule has 0 radical (unpaired) electrons. The molecule has 0 aromatic carbocycles. The minimum absolute atomic E-state index is 0.342. The van der Waals surface area contributed by atoms with E-state index in [1.54, 1.807) is 17.6 Å². The molecule has 1 atom stereocenters. The summed E-state index contributed by atoms with van der Waals surface area (Å²) in [5.41, 5.74) is 1.21. The van der Waals surface area contributed by atoms with Gasteiger partial charge >= 0.3 is 0 Å². The van der Waals surface area contributed by atoms with Gasteiger partial charge in [-0.25, -0.2) is 0 Å². The molecule has 2 aromatic heterocycles. The Balaban J connectivity index is 2.09. The zero-order valence-corrected chi connectivity index (χ0v) is 11.5. The molecule has 1 unspecified atom stereocenters. The summed E-state index contributed by atoms with van der Waals surface area (Å²) in [5.74, 6) is 0. The highest BCUT2D eigenvalue weighted by atomic mass is 79.9. The first-order chi connectivity index (χ1) is 7.79. The van der Waals surface area contributed by atoms with Crippen LogP contribution in [-0.4, -0.2) is 6.54 Å². The molecule has 0 bridgehead atoms.